The van der Waals surface area contributed by atoms with E-state index >= 15 is 0 Å². The van der Waals surface area contributed by atoms with Crippen LogP contribution in [0.5, 0.6) is 11.5 Å². The summed E-state index contributed by atoms with van der Waals surface area (Å²) in [5.41, 5.74) is 3.20. The predicted octanol–water partition coefficient (Wildman–Crippen LogP) is 2.67. The largest absolute Gasteiger partial charge is 0.493 e. The van der Waals surface area contributed by atoms with Crippen LogP contribution in [0.2, 0.25) is 0 Å². The van der Waals surface area contributed by atoms with E-state index in [1.807, 2.05) is 30.3 Å². The smallest absolute Gasteiger partial charge is 0.255 e. The van der Waals surface area contributed by atoms with Crippen molar-refractivity contribution in [3.05, 3.63) is 83.4 Å². The molecule has 0 aliphatic rings. The first-order valence-electron chi connectivity index (χ1n) is 11.9. The van der Waals surface area contributed by atoms with Crippen molar-refractivity contribution < 1.29 is 32.6 Å². The minimum Gasteiger partial charge on any atom is -0.493 e. The van der Waals surface area contributed by atoms with Crippen LogP contribution in [-0.2, 0) is 26.9 Å². The van der Waals surface area contributed by atoms with Gasteiger partial charge in [0.1, 0.15) is 5.75 Å². The zero-order valence-corrected chi connectivity index (χ0v) is 22.5. The van der Waals surface area contributed by atoms with Crippen LogP contribution in [0.15, 0.2) is 66.7 Å². The van der Waals surface area contributed by atoms with Crippen molar-refractivity contribution in [3.63, 3.8) is 0 Å². The van der Waals surface area contributed by atoms with Gasteiger partial charge >= 0.3 is 0 Å². The van der Waals surface area contributed by atoms with Crippen LogP contribution in [0.25, 0.3) is 11.1 Å². The number of nitrogens with zero attached hydrogens (tertiary/aromatic N) is 1. The van der Waals surface area contributed by atoms with Crippen molar-refractivity contribution in [2.45, 2.75) is 12.3 Å². The maximum Gasteiger partial charge on any atom is 0.255 e. The van der Waals surface area contributed by atoms with Crippen molar-refractivity contribution in [2.24, 2.45) is 0 Å². The van der Waals surface area contributed by atoms with Gasteiger partial charge < -0.3 is 24.8 Å². The summed E-state index contributed by atoms with van der Waals surface area (Å²) in [5, 5.41) is 11.8. The number of sulfone groups is 1. The molecule has 0 atom stereocenters. The molecule has 0 aliphatic carbocycles. The molecule has 38 heavy (non-hydrogen) atoms. The molecule has 0 unspecified atom stereocenters. The quantitative estimate of drug-likeness (QED) is 0.362. The molecule has 3 aromatic rings. The third-order valence-electron chi connectivity index (χ3n) is 5.90. The second-order valence-corrected chi connectivity index (χ2v) is 10.8. The number of carbonyl (C=O) groups is 2. The summed E-state index contributed by atoms with van der Waals surface area (Å²) in [5.74, 6) is -1.15. The van der Waals surface area contributed by atoms with Crippen LogP contribution in [0.1, 0.15) is 21.5 Å². The van der Waals surface area contributed by atoms with Gasteiger partial charge in [-0.15, -0.1) is 0 Å². The van der Waals surface area contributed by atoms with Crippen LogP contribution >= 0.6 is 0 Å². The first kappa shape index (κ1) is 28.7. The van der Waals surface area contributed by atoms with Crippen LogP contribution in [0.3, 0.4) is 0 Å². The first-order valence-corrected chi connectivity index (χ1v) is 13.7. The fraction of sp³-hybridized carbons (Fsp3) is 0.286. The molecule has 0 fully saturated rings. The van der Waals surface area contributed by atoms with Gasteiger partial charge in [0, 0.05) is 20.1 Å². The van der Waals surface area contributed by atoms with Crippen molar-refractivity contribution in [3.8, 4) is 22.6 Å². The fourth-order valence-corrected chi connectivity index (χ4v) is 5.24. The Morgan fingerprint density at radius 3 is 2.21 bits per heavy atom. The minimum absolute atomic E-state index is 0.0701. The number of likely N-dealkylation sites (N-methyl/N-ethyl adjacent to an activating group) is 1. The molecule has 3 rings (SSSR count). The zero-order chi connectivity index (χ0) is 27.7. The molecule has 2 amide bonds. The van der Waals surface area contributed by atoms with Gasteiger partial charge in [0.2, 0.25) is 5.91 Å². The van der Waals surface area contributed by atoms with Gasteiger partial charge in [-0.25, -0.2) is 8.42 Å². The molecule has 0 aromatic heterocycles. The average Bonchev–Trinajstić information content (AvgIpc) is 2.91. The van der Waals surface area contributed by atoms with Gasteiger partial charge in [-0.2, -0.15) is 0 Å². The lowest BCUT2D eigenvalue weighted by Crippen LogP contribution is -2.34. The first-order chi connectivity index (χ1) is 18.2. The number of aliphatic hydroxyl groups is 1. The molecular weight excluding hydrogens is 508 g/mol. The monoisotopic (exact) mass is 540 g/mol. The Morgan fingerprint density at radius 2 is 1.61 bits per heavy atom. The highest BCUT2D eigenvalue weighted by Crippen LogP contribution is 2.36. The maximum absolute atomic E-state index is 13.1. The van der Waals surface area contributed by atoms with Gasteiger partial charge in [-0.3, -0.25) is 9.59 Å². The lowest BCUT2D eigenvalue weighted by atomic mass is 10.00. The minimum atomic E-state index is -3.70. The number of methoxy groups -OCH3 is 2. The van der Waals surface area contributed by atoms with Gasteiger partial charge in [0.05, 0.1) is 32.1 Å². The SMILES string of the molecule is COc1cc(-c2ccc(CS(=O)(=O)CC(=O)N(C)CCO)cc2)cc(C(=O)NCc2ccccc2)c1OC. The Labute approximate surface area is 222 Å². The van der Waals surface area contributed by atoms with Crippen LogP contribution in [0.4, 0.5) is 0 Å². The summed E-state index contributed by atoms with van der Waals surface area (Å²) in [4.78, 5) is 26.4. The number of hydrogen-bond acceptors (Lipinski definition) is 7. The summed E-state index contributed by atoms with van der Waals surface area (Å²) in [6.07, 6.45) is 0. The number of benzene rings is 3. The van der Waals surface area contributed by atoms with Gasteiger partial charge in [-0.05, 0) is 34.4 Å². The molecule has 0 aliphatic heterocycles. The Hall–Kier alpha value is -3.89. The van der Waals surface area contributed by atoms with E-state index in [1.54, 1.807) is 36.4 Å². The van der Waals surface area contributed by atoms with Crippen molar-refractivity contribution in [2.75, 3.05) is 40.2 Å². The highest BCUT2D eigenvalue weighted by atomic mass is 32.2. The molecule has 202 valence electrons. The summed E-state index contributed by atoms with van der Waals surface area (Å²) in [6, 6.07) is 19.8. The molecule has 2 N–H and O–H groups in total. The van der Waals surface area contributed by atoms with E-state index in [1.165, 1.54) is 26.2 Å². The summed E-state index contributed by atoms with van der Waals surface area (Å²) in [7, 11) is 0.695. The van der Waals surface area contributed by atoms with E-state index in [0.717, 1.165) is 11.1 Å². The summed E-state index contributed by atoms with van der Waals surface area (Å²) in [6.45, 7) is 0.174. The Kier molecular flexibility index (Phi) is 9.86. The van der Waals surface area contributed by atoms with E-state index in [2.05, 4.69) is 5.32 Å². The number of nitrogens with one attached hydrogen (secondary N) is 1. The van der Waals surface area contributed by atoms with Gasteiger partial charge in [0.25, 0.3) is 5.91 Å². The summed E-state index contributed by atoms with van der Waals surface area (Å²) < 4.78 is 36.0. The van der Waals surface area contributed by atoms with Gasteiger partial charge in [-0.1, -0.05) is 54.6 Å². The summed E-state index contributed by atoms with van der Waals surface area (Å²) >= 11 is 0. The molecule has 0 bridgehead atoms. The number of amides is 2. The standard InChI is InChI=1S/C28H32N2O7S/c1-30(13-14-31)26(32)19-38(34,35)18-21-9-11-22(12-10-21)23-15-24(27(37-3)25(16-23)36-2)28(33)29-17-20-7-5-4-6-8-20/h4-12,15-16,31H,13-14,17-19H2,1-3H3,(H,29,33). The number of ether oxygens (including phenoxy) is 2. The van der Waals surface area contributed by atoms with Crippen LogP contribution in [0, 0.1) is 0 Å². The number of carbonyl (C=O) groups excluding carboxylic acids is 2. The predicted molar refractivity (Wildman–Crippen MR) is 145 cm³/mol. The van der Waals surface area contributed by atoms with E-state index in [4.69, 9.17) is 14.6 Å². The highest BCUT2D eigenvalue weighted by molar-refractivity contribution is 7.91. The van der Waals surface area contributed by atoms with Crippen LogP contribution in [-0.4, -0.2) is 70.4 Å². The molecule has 0 saturated heterocycles. The van der Waals surface area contributed by atoms with E-state index in [0.29, 0.717) is 34.7 Å². The Balaban J connectivity index is 1.81. The lowest BCUT2D eigenvalue weighted by molar-refractivity contribution is -0.127. The molecule has 0 heterocycles. The van der Waals surface area contributed by atoms with E-state index in [9.17, 15) is 18.0 Å². The molecule has 0 radical (unpaired) electrons. The third-order valence-corrected chi connectivity index (χ3v) is 7.36. The van der Waals surface area contributed by atoms with Gasteiger partial charge in [0.15, 0.2) is 21.3 Å². The van der Waals surface area contributed by atoms with Crippen molar-refractivity contribution in [1.29, 1.82) is 0 Å². The average molecular weight is 541 g/mol. The van der Waals surface area contributed by atoms with Crippen LogP contribution < -0.4 is 14.8 Å². The second-order valence-electron chi connectivity index (χ2n) is 8.70. The number of aliphatic hydroxyl groups excluding tert-OH is 1. The lowest BCUT2D eigenvalue weighted by Gasteiger charge is -2.16. The van der Waals surface area contributed by atoms with Crippen molar-refractivity contribution in [1.82, 2.24) is 10.2 Å². The zero-order valence-electron chi connectivity index (χ0n) is 21.6. The molecule has 10 heteroatoms. The normalized spacial score (nSPS) is 11.1. The van der Waals surface area contributed by atoms with E-state index < -0.39 is 21.5 Å². The molecule has 0 saturated carbocycles. The van der Waals surface area contributed by atoms with E-state index in [-0.39, 0.29) is 24.8 Å². The fourth-order valence-electron chi connectivity index (χ4n) is 3.84. The Bertz CT molecular complexity index is 1360. The Morgan fingerprint density at radius 1 is 0.921 bits per heavy atom. The molecule has 0 spiro atoms. The second kappa shape index (κ2) is 13.1. The topological polar surface area (TPSA) is 122 Å². The highest BCUT2D eigenvalue weighted by Gasteiger charge is 2.21. The molecular formula is C28H32N2O7S. The molecule has 9 nitrogen and oxygen atoms in total. The van der Waals surface area contributed by atoms with Crippen molar-refractivity contribution >= 4 is 21.7 Å². The number of hydrogen-bond donors (Lipinski definition) is 2. The maximum atomic E-state index is 13.1. The third kappa shape index (κ3) is 7.56. The molecule has 3 aromatic carbocycles. The number of rotatable bonds is 12.